The van der Waals surface area contributed by atoms with Gasteiger partial charge in [-0.25, -0.2) is 23.7 Å². The second-order valence-corrected chi connectivity index (χ2v) is 8.51. The van der Waals surface area contributed by atoms with Crippen molar-refractivity contribution in [2.45, 2.75) is 37.5 Å². The van der Waals surface area contributed by atoms with Crippen molar-refractivity contribution in [2.75, 3.05) is 25.0 Å². The number of aromatic nitrogens is 3. The summed E-state index contributed by atoms with van der Waals surface area (Å²) in [6.07, 6.45) is 4.04. The lowest BCUT2D eigenvalue weighted by Crippen LogP contribution is -2.38. The molecule has 7 nitrogen and oxygen atoms in total. The molecule has 168 valence electrons. The molecular formula is C22H22ClF2N5O2. The van der Waals surface area contributed by atoms with Gasteiger partial charge in [-0.15, -0.1) is 0 Å². The molecule has 32 heavy (non-hydrogen) atoms. The van der Waals surface area contributed by atoms with Crippen molar-refractivity contribution in [3.63, 3.8) is 0 Å². The molecule has 3 aromatic rings. The summed E-state index contributed by atoms with van der Waals surface area (Å²) in [4.78, 5) is 12.9. The molecule has 0 spiro atoms. The molecule has 1 saturated carbocycles. The molecule has 0 bridgehead atoms. The van der Waals surface area contributed by atoms with Gasteiger partial charge >= 0.3 is 0 Å². The standard InChI is InChI=1S/C22H22ClF2N5O2/c23-18-16(31-11-22(25)7-1-8-22)4-2-14(19(18)24)29-21-20-15(27-12-28-21)3-5-17(30-20)32-13-6-9-26-10-13/h2-5,12-13,26H,1,6-11H2,(H,27,28,29)/t13-/m0/s1. The van der Waals surface area contributed by atoms with E-state index in [1.807, 2.05) is 0 Å². The van der Waals surface area contributed by atoms with Crippen LogP contribution in [0.25, 0.3) is 11.0 Å². The number of nitrogens with zero attached hydrogens (tertiary/aromatic N) is 3. The summed E-state index contributed by atoms with van der Waals surface area (Å²) in [5.74, 6) is 0.139. The van der Waals surface area contributed by atoms with Crippen LogP contribution in [0.15, 0.2) is 30.6 Å². The predicted octanol–water partition coefficient (Wildman–Crippen LogP) is 4.57. The maximum Gasteiger partial charge on any atom is 0.214 e. The van der Waals surface area contributed by atoms with E-state index in [1.54, 1.807) is 12.1 Å². The number of anilines is 2. The summed E-state index contributed by atoms with van der Waals surface area (Å²) in [5, 5.41) is 5.95. The number of benzene rings is 1. The summed E-state index contributed by atoms with van der Waals surface area (Å²) >= 11 is 6.16. The van der Waals surface area contributed by atoms with Crippen molar-refractivity contribution >= 4 is 34.1 Å². The zero-order chi connectivity index (χ0) is 22.1. The molecule has 10 heteroatoms. The van der Waals surface area contributed by atoms with E-state index in [0.29, 0.717) is 35.6 Å². The zero-order valence-corrected chi connectivity index (χ0v) is 18.0. The number of hydrogen-bond acceptors (Lipinski definition) is 7. The fraction of sp³-hybridized carbons (Fsp3) is 0.409. The monoisotopic (exact) mass is 461 g/mol. The lowest BCUT2D eigenvalue weighted by atomic mass is 9.83. The van der Waals surface area contributed by atoms with Crippen LogP contribution in [0.5, 0.6) is 11.6 Å². The van der Waals surface area contributed by atoms with E-state index in [4.69, 9.17) is 21.1 Å². The Balaban J connectivity index is 1.37. The van der Waals surface area contributed by atoms with Crippen LogP contribution in [0.2, 0.25) is 5.02 Å². The Hall–Kier alpha value is -2.78. The van der Waals surface area contributed by atoms with Crippen LogP contribution in [0.4, 0.5) is 20.3 Å². The molecule has 1 aromatic carbocycles. The number of halogens is 3. The van der Waals surface area contributed by atoms with Crippen molar-refractivity contribution in [3.8, 4) is 11.6 Å². The first kappa shape index (κ1) is 21.1. The Morgan fingerprint density at radius 1 is 1.22 bits per heavy atom. The quantitative estimate of drug-likeness (QED) is 0.533. The smallest absolute Gasteiger partial charge is 0.214 e. The van der Waals surface area contributed by atoms with Gasteiger partial charge in [-0.1, -0.05) is 11.6 Å². The Labute approximate surface area is 188 Å². The van der Waals surface area contributed by atoms with Crippen molar-refractivity contribution < 1.29 is 18.3 Å². The molecule has 2 aliphatic rings. The first-order chi connectivity index (χ1) is 15.5. The second kappa shape index (κ2) is 8.63. The molecule has 1 aliphatic carbocycles. The second-order valence-electron chi connectivity index (χ2n) is 8.13. The van der Waals surface area contributed by atoms with E-state index >= 15 is 0 Å². The topological polar surface area (TPSA) is 81.2 Å². The van der Waals surface area contributed by atoms with E-state index in [-0.39, 0.29) is 29.2 Å². The van der Waals surface area contributed by atoms with Gasteiger partial charge in [-0.05, 0) is 50.4 Å². The third-order valence-electron chi connectivity index (χ3n) is 5.79. The molecule has 5 rings (SSSR count). The SMILES string of the molecule is Fc1c(Nc2ncnc3ccc(O[C@H]4CCNC4)nc23)ccc(OCC2(F)CCC2)c1Cl. The molecule has 1 aliphatic heterocycles. The first-order valence-electron chi connectivity index (χ1n) is 10.6. The average molecular weight is 462 g/mol. The molecule has 1 saturated heterocycles. The number of pyridine rings is 1. The van der Waals surface area contributed by atoms with Crippen molar-refractivity contribution in [2.24, 2.45) is 0 Å². The van der Waals surface area contributed by atoms with E-state index in [1.165, 1.54) is 18.5 Å². The van der Waals surface area contributed by atoms with Gasteiger partial charge in [0.15, 0.2) is 11.6 Å². The van der Waals surface area contributed by atoms with Crippen LogP contribution in [0, 0.1) is 5.82 Å². The number of fused-ring (bicyclic) bond motifs is 1. The average Bonchev–Trinajstić information content (AvgIpc) is 3.28. The summed E-state index contributed by atoms with van der Waals surface area (Å²) < 4.78 is 40.5. The highest BCUT2D eigenvalue weighted by molar-refractivity contribution is 6.32. The molecule has 3 heterocycles. The molecule has 1 atom stereocenters. The fourth-order valence-electron chi connectivity index (χ4n) is 3.76. The molecular weight excluding hydrogens is 440 g/mol. The van der Waals surface area contributed by atoms with Crippen LogP contribution in [0.1, 0.15) is 25.7 Å². The molecule has 2 N–H and O–H groups in total. The molecule has 2 fully saturated rings. The largest absolute Gasteiger partial charge is 0.489 e. The van der Waals surface area contributed by atoms with E-state index < -0.39 is 11.5 Å². The van der Waals surface area contributed by atoms with Gasteiger partial charge < -0.3 is 20.1 Å². The van der Waals surface area contributed by atoms with E-state index in [9.17, 15) is 8.78 Å². The molecule has 0 radical (unpaired) electrons. The number of ether oxygens (including phenoxy) is 2. The van der Waals surface area contributed by atoms with Gasteiger partial charge in [0.1, 0.15) is 41.0 Å². The Morgan fingerprint density at radius 3 is 2.84 bits per heavy atom. The fourth-order valence-corrected chi connectivity index (χ4v) is 3.98. The minimum absolute atomic E-state index is 0.0492. The van der Waals surface area contributed by atoms with Gasteiger partial charge in [0.2, 0.25) is 5.88 Å². The van der Waals surface area contributed by atoms with Crippen LogP contribution in [-0.4, -0.2) is 46.4 Å². The van der Waals surface area contributed by atoms with Gasteiger partial charge in [0.25, 0.3) is 0 Å². The number of nitrogens with one attached hydrogen (secondary N) is 2. The lowest BCUT2D eigenvalue weighted by molar-refractivity contribution is 0.0124. The molecule has 0 unspecified atom stereocenters. The van der Waals surface area contributed by atoms with Crippen molar-refractivity contribution in [1.29, 1.82) is 0 Å². The summed E-state index contributed by atoms with van der Waals surface area (Å²) in [6, 6.07) is 6.51. The van der Waals surface area contributed by atoms with Crippen LogP contribution in [-0.2, 0) is 0 Å². The lowest BCUT2D eigenvalue weighted by Gasteiger charge is -2.33. The summed E-state index contributed by atoms with van der Waals surface area (Å²) in [7, 11) is 0. The minimum atomic E-state index is -1.35. The van der Waals surface area contributed by atoms with Crippen molar-refractivity contribution in [1.82, 2.24) is 20.3 Å². The predicted molar refractivity (Wildman–Crippen MR) is 117 cm³/mol. The maximum atomic E-state index is 14.9. The van der Waals surface area contributed by atoms with Crippen LogP contribution in [0.3, 0.4) is 0 Å². The first-order valence-corrected chi connectivity index (χ1v) is 10.9. The maximum absolute atomic E-state index is 14.9. The minimum Gasteiger partial charge on any atom is -0.489 e. The normalized spacial score (nSPS) is 19.5. The summed E-state index contributed by atoms with van der Waals surface area (Å²) in [6.45, 7) is 1.52. The van der Waals surface area contributed by atoms with Gasteiger partial charge in [0, 0.05) is 12.6 Å². The number of rotatable bonds is 7. The highest BCUT2D eigenvalue weighted by Gasteiger charge is 2.38. The Morgan fingerprint density at radius 2 is 2.09 bits per heavy atom. The third-order valence-corrected chi connectivity index (χ3v) is 6.15. The van der Waals surface area contributed by atoms with E-state index in [2.05, 4.69) is 25.6 Å². The molecule has 0 amide bonds. The Kier molecular flexibility index (Phi) is 5.69. The third kappa shape index (κ3) is 4.27. The van der Waals surface area contributed by atoms with E-state index in [0.717, 1.165) is 25.9 Å². The summed E-state index contributed by atoms with van der Waals surface area (Å²) in [5.41, 5.74) is -0.235. The van der Waals surface area contributed by atoms with Gasteiger partial charge in [-0.2, -0.15) is 0 Å². The van der Waals surface area contributed by atoms with Crippen LogP contribution >= 0.6 is 11.6 Å². The highest BCUT2D eigenvalue weighted by Crippen LogP contribution is 2.39. The highest BCUT2D eigenvalue weighted by atomic mass is 35.5. The van der Waals surface area contributed by atoms with Crippen molar-refractivity contribution in [3.05, 3.63) is 41.4 Å². The number of alkyl halides is 1. The van der Waals surface area contributed by atoms with Gasteiger partial charge in [-0.3, -0.25) is 0 Å². The molecule has 2 aromatic heterocycles. The van der Waals surface area contributed by atoms with Gasteiger partial charge in [0.05, 0.1) is 11.2 Å². The zero-order valence-electron chi connectivity index (χ0n) is 17.2. The number of hydrogen-bond donors (Lipinski definition) is 2. The van der Waals surface area contributed by atoms with Crippen LogP contribution < -0.4 is 20.1 Å². The Bertz CT molecular complexity index is 1140.